The number of hydrogen-bond donors (Lipinski definition) is 0. The smallest absolute Gasteiger partial charge is 0.0608 e. The maximum absolute atomic E-state index is 5.69. The quantitative estimate of drug-likeness (QED) is 0.515. The van der Waals surface area contributed by atoms with Crippen molar-refractivity contribution < 1.29 is 0 Å². The summed E-state index contributed by atoms with van der Waals surface area (Å²) in [5.74, 6) is 3.55. The molecule has 0 aromatic rings. The van der Waals surface area contributed by atoms with E-state index < -0.39 is 0 Å². The van der Waals surface area contributed by atoms with E-state index in [0.717, 1.165) is 5.88 Å². The third-order valence-electron chi connectivity index (χ3n) is 2.50. The molecule has 3 heteroatoms. The maximum atomic E-state index is 5.69. The second-order valence-electron chi connectivity index (χ2n) is 3.46. The molecule has 0 unspecified atom stereocenters. The Hall–Kier alpha value is 0.990. The fourth-order valence-electron chi connectivity index (χ4n) is 1.63. The summed E-state index contributed by atoms with van der Waals surface area (Å²) in [4.78, 5) is 0. The average Bonchev–Trinajstić information content (AvgIpc) is 2.20. The van der Waals surface area contributed by atoms with Crippen LogP contribution in [0.15, 0.2) is 0 Å². The summed E-state index contributed by atoms with van der Waals surface area (Å²) in [5.41, 5.74) is 0. The summed E-state index contributed by atoms with van der Waals surface area (Å²) in [6.07, 6.45) is 6.55. The van der Waals surface area contributed by atoms with E-state index in [9.17, 15) is 0 Å². The number of thioether (sulfide) groups is 2. The lowest BCUT2D eigenvalue weighted by molar-refractivity contribution is 0.634. The van der Waals surface area contributed by atoms with Crippen molar-refractivity contribution in [3.63, 3.8) is 0 Å². The molecule has 1 saturated heterocycles. The SMILES string of the molecule is CCC1(CCCCCl)SCCCS1. The zero-order valence-corrected chi connectivity index (χ0v) is 10.7. The summed E-state index contributed by atoms with van der Waals surface area (Å²) in [6.45, 7) is 2.33. The minimum absolute atomic E-state index is 0.546. The lowest BCUT2D eigenvalue weighted by atomic mass is 10.1. The number of alkyl halides is 1. The molecular weight excluding hydrogens is 220 g/mol. The molecule has 1 fully saturated rings. The first kappa shape index (κ1) is 12.1. The Morgan fingerprint density at radius 2 is 1.92 bits per heavy atom. The monoisotopic (exact) mass is 238 g/mol. The molecule has 0 saturated carbocycles. The van der Waals surface area contributed by atoms with Gasteiger partial charge in [-0.1, -0.05) is 13.3 Å². The zero-order chi connectivity index (χ0) is 9.57. The van der Waals surface area contributed by atoms with Gasteiger partial charge in [-0.15, -0.1) is 35.1 Å². The summed E-state index contributed by atoms with van der Waals surface area (Å²) >= 11 is 10.1. The van der Waals surface area contributed by atoms with E-state index in [2.05, 4.69) is 30.4 Å². The fourth-order valence-corrected chi connectivity index (χ4v) is 5.14. The molecule has 1 rings (SSSR count). The van der Waals surface area contributed by atoms with Gasteiger partial charge in [0, 0.05) is 5.88 Å². The molecule has 13 heavy (non-hydrogen) atoms. The number of halogens is 1. The van der Waals surface area contributed by atoms with Crippen LogP contribution in [0.25, 0.3) is 0 Å². The molecular formula is C10H19ClS2. The molecule has 0 aromatic heterocycles. The Balaban J connectivity index is 2.29. The average molecular weight is 239 g/mol. The second-order valence-corrected chi connectivity index (χ2v) is 7.05. The number of hydrogen-bond acceptors (Lipinski definition) is 2. The Labute approximate surface area is 95.6 Å². The molecule has 0 atom stereocenters. The molecule has 78 valence electrons. The van der Waals surface area contributed by atoms with Gasteiger partial charge in [0.15, 0.2) is 0 Å². The normalized spacial score (nSPS) is 21.7. The van der Waals surface area contributed by atoms with Gasteiger partial charge in [-0.25, -0.2) is 0 Å². The second kappa shape index (κ2) is 6.47. The van der Waals surface area contributed by atoms with Gasteiger partial charge in [-0.05, 0) is 37.2 Å². The van der Waals surface area contributed by atoms with Gasteiger partial charge >= 0.3 is 0 Å². The number of rotatable bonds is 5. The first-order chi connectivity index (χ1) is 6.33. The third-order valence-corrected chi connectivity index (χ3v) is 6.50. The largest absolute Gasteiger partial charge is 0.144 e. The lowest BCUT2D eigenvalue weighted by Crippen LogP contribution is -2.24. The van der Waals surface area contributed by atoms with Gasteiger partial charge in [-0.3, -0.25) is 0 Å². The summed E-state index contributed by atoms with van der Waals surface area (Å²) < 4.78 is 0.546. The summed E-state index contributed by atoms with van der Waals surface area (Å²) in [7, 11) is 0. The van der Waals surface area contributed by atoms with E-state index in [1.54, 1.807) is 0 Å². The van der Waals surface area contributed by atoms with E-state index in [1.807, 2.05) is 0 Å². The van der Waals surface area contributed by atoms with Crippen molar-refractivity contribution in [3.05, 3.63) is 0 Å². The molecule has 0 aromatic carbocycles. The van der Waals surface area contributed by atoms with Gasteiger partial charge < -0.3 is 0 Å². The van der Waals surface area contributed by atoms with Crippen molar-refractivity contribution in [1.29, 1.82) is 0 Å². The van der Waals surface area contributed by atoms with E-state index in [-0.39, 0.29) is 0 Å². The Morgan fingerprint density at radius 1 is 1.23 bits per heavy atom. The van der Waals surface area contributed by atoms with Crippen LogP contribution >= 0.6 is 35.1 Å². The van der Waals surface area contributed by atoms with Crippen molar-refractivity contribution >= 4 is 35.1 Å². The molecule has 0 amide bonds. The van der Waals surface area contributed by atoms with Gasteiger partial charge in [0.25, 0.3) is 0 Å². The highest BCUT2D eigenvalue weighted by Crippen LogP contribution is 2.47. The van der Waals surface area contributed by atoms with Crippen LogP contribution in [0.5, 0.6) is 0 Å². The molecule has 0 radical (unpaired) electrons. The molecule has 1 heterocycles. The number of unbranched alkanes of at least 4 members (excludes halogenated alkanes) is 1. The Morgan fingerprint density at radius 3 is 2.46 bits per heavy atom. The fraction of sp³-hybridized carbons (Fsp3) is 1.00. The van der Waals surface area contributed by atoms with Crippen molar-refractivity contribution in [1.82, 2.24) is 0 Å². The summed E-state index contributed by atoms with van der Waals surface area (Å²) in [5, 5.41) is 0. The highest BCUT2D eigenvalue weighted by molar-refractivity contribution is 8.18. The Bertz CT molecular complexity index is 133. The highest BCUT2D eigenvalue weighted by atomic mass is 35.5. The molecule has 1 aliphatic heterocycles. The van der Waals surface area contributed by atoms with E-state index in [0.29, 0.717) is 4.08 Å². The van der Waals surface area contributed by atoms with E-state index in [1.165, 1.54) is 43.6 Å². The maximum Gasteiger partial charge on any atom is 0.0608 e. The molecule has 0 bridgehead atoms. The molecule has 1 aliphatic rings. The van der Waals surface area contributed by atoms with Crippen LogP contribution in [0.2, 0.25) is 0 Å². The van der Waals surface area contributed by atoms with E-state index in [4.69, 9.17) is 11.6 Å². The van der Waals surface area contributed by atoms with Crippen molar-refractivity contribution in [2.24, 2.45) is 0 Å². The van der Waals surface area contributed by atoms with Crippen LogP contribution < -0.4 is 0 Å². The predicted molar refractivity (Wildman–Crippen MR) is 67.1 cm³/mol. The van der Waals surface area contributed by atoms with E-state index >= 15 is 0 Å². The zero-order valence-electron chi connectivity index (χ0n) is 8.35. The van der Waals surface area contributed by atoms with Gasteiger partial charge in [0.05, 0.1) is 4.08 Å². The van der Waals surface area contributed by atoms with Gasteiger partial charge in [0.2, 0.25) is 0 Å². The third kappa shape index (κ3) is 3.93. The highest BCUT2D eigenvalue weighted by Gasteiger charge is 2.30. The van der Waals surface area contributed by atoms with Crippen molar-refractivity contribution in [2.45, 2.75) is 43.1 Å². The van der Waals surface area contributed by atoms with Gasteiger partial charge in [-0.2, -0.15) is 0 Å². The van der Waals surface area contributed by atoms with Gasteiger partial charge in [0.1, 0.15) is 0 Å². The molecule has 0 nitrogen and oxygen atoms in total. The van der Waals surface area contributed by atoms with Crippen LogP contribution in [0.4, 0.5) is 0 Å². The molecule has 0 aliphatic carbocycles. The first-order valence-electron chi connectivity index (χ1n) is 5.17. The molecule has 0 spiro atoms. The summed E-state index contributed by atoms with van der Waals surface area (Å²) in [6, 6.07) is 0. The minimum Gasteiger partial charge on any atom is -0.144 e. The lowest BCUT2D eigenvalue weighted by Gasteiger charge is -2.35. The van der Waals surface area contributed by atoms with Crippen LogP contribution in [-0.4, -0.2) is 21.5 Å². The van der Waals surface area contributed by atoms with Crippen LogP contribution in [0, 0.1) is 0 Å². The van der Waals surface area contributed by atoms with Crippen LogP contribution in [0.1, 0.15) is 39.0 Å². The first-order valence-corrected chi connectivity index (χ1v) is 7.67. The minimum atomic E-state index is 0.546. The molecule has 0 N–H and O–H groups in total. The van der Waals surface area contributed by atoms with Crippen LogP contribution in [-0.2, 0) is 0 Å². The predicted octanol–water partition coefficient (Wildman–Crippen LogP) is 4.37. The standard InChI is InChI=1S/C10H19ClS2/c1-2-10(6-3-4-7-11)12-8-5-9-13-10/h2-9H2,1H3. The van der Waals surface area contributed by atoms with Crippen molar-refractivity contribution in [3.8, 4) is 0 Å². The van der Waals surface area contributed by atoms with Crippen LogP contribution in [0.3, 0.4) is 0 Å². The topological polar surface area (TPSA) is 0 Å². The van der Waals surface area contributed by atoms with Crippen molar-refractivity contribution in [2.75, 3.05) is 17.4 Å². The Kier molecular flexibility index (Phi) is 6.00.